The average molecular weight is 385 g/mol. The molecule has 0 unspecified atom stereocenters. The lowest BCUT2D eigenvalue weighted by atomic mass is 10.2. The molecule has 2 aromatic carbocycles. The molecule has 2 rings (SSSR count). The zero-order chi connectivity index (χ0) is 18.6. The van der Waals surface area contributed by atoms with Crippen molar-refractivity contribution in [3.8, 4) is 0 Å². The summed E-state index contributed by atoms with van der Waals surface area (Å²) in [5.74, 6) is -1.59. The summed E-state index contributed by atoms with van der Waals surface area (Å²) in [4.78, 5) is 12.2. The van der Waals surface area contributed by atoms with Crippen molar-refractivity contribution in [3.05, 3.63) is 58.9 Å². The molecule has 8 heteroatoms. The molecule has 0 spiro atoms. The Labute approximate surface area is 151 Å². The number of hydrogen-bond donors (Lipinski definition) is 1. The molecule has 0 radical (unpaired) electrons. The first kappa shape index (κ1) is 19.4. The maximum atomic E-state index is 14.1. The molecule has 5 nitrogen and oxygen atoms in total. The van der Waals surface area contributed by atoms with Gasteiger partial charge in [0.15, 0.2) is 0 Å². The summed E-state index contributed by atoms with van der Waals surface area (Å²) in [5, 5.41) is 2.78. The fraction of sp³-hybridized carbons (Fsp3) is 0.235. The minimum Gasteiger partial charge on any atom is -0.321 e. The van der Waals surface area contributed by atoms with Gasteiger partial charge < -0.3 is 5.32 Å². The Hall–Kier alpha value is -1.96. The van der Waals surface area contributed by atoms with E-state index in [0.717, 1.165) is 18.2 Å². The first-order chi connectivity index (χ1) is 11.8. The number of sulfonamides is 1. The van der Waals surface area contributed by atoms with E-state index in [1.165, 1.54) is 4.31 Å². The van der Waals surface area contributed by atoms with Crippen LogP contribution in [0.5, 0.6) is 0 Å². The topological polar surface area (TPSA) is 66.5 Å². The normalized spacial score (nSPS) is 11.6. The smallest absolute Gasteiger partial charge is 0.258 e. The Morgan fingerprint density at radius 1 is 1.16 bits per heavy atom. The van der Waals surface area contributed by atoms with Gasteiger partial charge in [0.1, 0.15) is 5.82 Å². The third-order valence-electron chi connectivity index (χ3n) is 3.65. The van der Waals surface area contributed by atoms with Crippen LogP contribution in [0.2, 0.25) is 5.02 Å². The van der Waals surface area contributed by atoms with Crippen molar-refractivity contribution < 1.29 is 17.6 Å². The Kier molecular flexibility index (Phi) is 6.16. The highest BCUT2D eigenvalue weighted by atomic mass is 35.5. The van der Waals surface area contributed by atoms with Crippen LogP contribution < -0.4 is 5.32 Å². The second kappa shape index (κ2) is 7.95. The van der Waals surface area contributed by atoms with E-state index in [2.05, 4.69) is 5.32 Å². The van der Waals surface area contributed by atoms with E-state index in [1.54, 1.807) is 38.1 Å². The number of amides is 1. The molecule has 0 aliphatic rings. The molecular weight excluding hydrogens is 367 g/mol. The summed E-state index contributed by atoms with van der Waals surface area (Å²) in [6.45, 7) is 3.96. The molecule has 2 aromatic rings. The highest BCUT2D eigenvalue weighted by Crippen LogP contribution is 2.23. The van der Waals surface area contributed by atoms with Crippen molar-refractivity contribution in [2.75, 3.05) is 18.4 Å². The summed E-state index contributed by atoms with van der Waals surface area (Å²) < 4.78 is 40.4. The number of carbonyl (C=O) groups is 1. The third kappa shape index (κ3) is 4.18. The van der Waals surface area contributed by atoms with Crippen LogP contribution in [0.25, 0.3) is 0 Å². The summed E-state index contributed by atoms with van der Waals surface area (Å²) in [6, 6.07) is 9.65. The molecule has 0 heterocycles. The largest absolute Gasteiger partial charge is 0.321 e. The predicted octanol–water partition coefficient (Wildman–Crippen LogP) is 3.76. The van der Waals surface area contributed by atoms with Gasteiger partial charge in [-0.3, -0.25) is 4.79 Å². The number of halogens is 2. The minimum atomic E-state index is -3.79. The van der Waals surface area contributed by atoms with E-state index in [9.17, 15) is 17.6 Å². The van der Waals surface area contributed by atoms with Gasteiger partial charge >= 0.3 is 0 Å². The van der Waals surface area contributed by atoms with Gasteiger partial charge in [0, 0.05) is 13.1 Å². The predicted molar refractivity (Wildman–Crippen MR) is 95.9 cm³/mol. The first-order valence-electron chi connectivity index (χ1n) is 7.66. The second-order valence-corrected chi connectivity index (χ2v) is 7.51. The van der Waals surface area contributed by atoms with Crippen LogP contribution in [0, 0.1) is 5.82 Å². The van der Waals surface area contributed by atoms with Crippen LogP contribution in [-0.4, -0.2) is 31.7 Å². The van der Waals surface area contributed by atoms with E-state index in [4.69, 9.17) is 11.6 Å². The Morgan fingerprint density at radius 2 is 1.80 bits per heavy atom. The van der Waals surface area contributed by atoms with Crippen molar-refractivity contribution in [1.29, 1.82) is 0 Å². The molecule has 0 saturated heterocycles. The molecule has 0 aromatic heterocycles. The fourth-order valence-corrected chi connectivity index (χ4v) is 3.97. The van der Waals surface area contributed by atoms with Crippen molar-refractivity contribution in [3.63, 3.8) is 0 Å². The van der Waals surface area contributed by atoms with Gasteiger partial charge in [-0.2, -0.15) is 4.31 Å². The Balaban J connectivity index is 2.39. The number of benzene rings is 2. The van der Waals surface area contributed by atoms with Gasteiger partial charge in [-0.1, -0.05) is 37.6 Å². The lowest BCUT2D eigenvalue weighted by molar-refractivity contribution is 0.102. The molecule has 1 N–H and O–H groups in total. The summed E-state index contributed by atoms with van der Waals surface area (Å²) in [5.41, 5.74) is -0.0567. The van der Waals surface area contributed by atoms with Crippen LogP contribution >= 0.6 is 11.6 Å². The molecule has 0 bridgehead atoms. The Bertz CT molecular complexity index is 883. The second-order valence-electron chi connectivity index (χ2n) is 5.16. The number of hydrogen-bond acceptors (Lipinski definition) is 3. The number of nitrogens with one attached hydrogen (secondary N) is 1. The molecule has 0 saturated carbocycles. The Morgan fingerprint density at radius 3 is 2.40 bits per heavy atom. The molecule has 0 aliphatic carbocycles. The maximum Gasteiger partial charge on any atom is 0.258 e. The molecule has 0 aliphatic heterocycles. The minimum absolute atomic E-state index is 0.137. The quantitative estimate of drug-likeness (QED) is 0.824. The summed E-state index contributed by atoms with van der Waals surface area (Å²) >= 11 is 5.97. The monoisotopic (exact) mass is 384 g/mol. The van der Waals surface area contributed by atoms with Crippen LogP contribution in [0.1, 0.15) is 24.2 Å². The SMILES string of the molecule is CCN(CC)S(=O)(=O)c1ccc(F)c(C(=O)Nc2ccccc2Cl)c1. The molecule has 1 amide bonds. The van der Waals surface area contributed by atoms with Gasteiger partial charge in [-0.15, -0.1) is 0 Å². The van der Waals surface area contributed by atoms with Crippen LogP contribution in [0.3, 0.4) is 0 Å². The number of nitrogens with zero attached hydrogens (tertiary/aromatic N) is 1. The van der Waals surface area contributed by atoms with Crippen molar-refractivity contribution in [2.24, 2.45) is 0 Å². The highest BCUT2D eigenvalue weighted by Gasteiger charge is 2.24. The number of rotatable bonds is 6. The number of anilines is 1. The van der Waals surface area contributed by atoms with Crippen LogP contribution in [0.4, 0.5) is 10.1 Å². The molecule has 0 atom stereocenters. The number of para-hydroxylation sites is 1. The van der Waals surface area contributed by atoms with E-state index in [-0.39, 0.29) is 23.5 Å². The maximum absolute atomic E-state index is 14.1. The first-order valence-corrected chi connectivity index (χ1v) is 9.48. The molecule has 25 heavy (non-hydrogen) atoms. The van der Waals surface area contributed by atoms with Crippen LogP contribution in [0.15, 0.2) is 47.4 Å². The van der Waals surface area contributed by atoms with Gasteiger partial charge in [-0.05, 0) is 30.3 Å². The average Bonchev–Trinajstić information content (AvgIpc) is 2.58. The van der Waals surface area contributed by atoms with Crippen molar-refractivity contribution >= 4 is 33.2 Å². The molecule has 134 valence electrons. The van der Waals surface area contributed by atoms with Crippen LogP contribution in [-0.2, 0) is 10.0 Å². The van der Waals surface area contributed by atoms with E-state index in [1.807, 2.05) is 0 Å². The lowest BCUT2D eigenvalue weighted by Gasteiger charge is -2.19. The molecular formula is C17H18ClFN2O3S. The zero-order valence-corrected chi connectivity index (χ0v) is 15.4. The summed E-state index contributed by atoms with van der Waals surface area (Å²) in [6.07, 6.45) is 0. The lowest BCUT2D eigenvalue weighted by Crippen LogP contribution is -2.31. The van der Waals surface area contributed by atoms with Gasteiger partial charge in [0.05, 0.1) is 21.2 Å². The van der Waals surface area contributed by atoms with Gasteiger partial charge in [-0.25, -0.2) is 12.8 Å². The highest BCUT2D eigenvalue weighted by molar-refractivity contribution is 7.89. The van der Waals surface area contributed by atoms with E-state index < -0.39 is 21.7 Å². The molecule has 0 fully saturated rings. The van der Waals surface area contributed by atoms with Gasteiger partial charge in [0.2, 0.25) is 10.0 Å². The van der Waals surface area contributed by atoms with E-state index >= 15 is 0 Å². The zero-order valence-electron chi connectivity index (χ0n) is 13.8. The fourth-order valence-electron chi connectivity index (χ4n) is 2.30. The summed E-state index contributed by atoms with van der Waals surface area (Å²) in [7, 11) is -3.79. The van der Waals surface area contributed by atoms with Crippen molar-refractivity contribution in [1.82, 2.24) is 4.31 Å². The van der Waals surface area contributed by atoms with E-state index in [0.29, 0.717) is 10.7 Å². The third-order valence-corrected chi connectivity index (χ3v) is 6.02. The van der Waals surface area contributed by atoms with Crippen molar-refractivity contribution in [2.45, 2.75) is 18.7 Å². The number of carbonyl (C=O) groups excluding carboxylic acids is 1. The van der Waals surface area contributed by atoms with Gasteiger partial charge in [0.25, 0.3) is 5.91 Å². The standard InChI is InChI=1S/C17H18ClFN2O3S/c1-3-21(4-2)25(23,24)12-9-10-15(19)13(11-12)17(22)20-16-8-6-5-7-14(16)18/h5-11H,3-4H2,1-2H3,(H,20,22).